The summed E-state index contributed by atoms with van der Waals surface area (Å²) in [6.07, 6.45) is -1.62. The molecule has 2 atom stereocenters. The predicted molar refractivity (Wildman–Crippen MR) is 124 cm³/mol. The minimum Gasteiger partial charge on any atom is -0.492 e. The molecule has 4 heterocycles. The quantitative estimate of drug-likeness (QED) is 0.561. The van der Waals surface area contributed by atoms with Crippen LogP contribution in [0.25, 0.3) is 10.9 Å². The summed E-state index contributed by atoms with van der Waals surface area (Å²) in [5.74, 6) is -0.665. The number of aromatic nitrogens is 3. The first kappa shape index (κ1) is 23.1. The van der Waals surface area contributed by atoms with Crippen molar-refractivity contribution in [3.8, 4) is 5.88 Å². The first-order valence-corrected chi connectivity index (χ1v) is 11.5. The molecule has 0 spiro atoms. The molecule has 0 saturated carbocycles. The van der Waals surface area contributed by atoms with Gasteiger partial charge in [-0.15, -0.1) is 5.10 Å². The second-order valence-corrected chi connectivity index (χ2v) is 9.00. The summed E-state index contributed by atoms with van der Waals surface area (Å²) in [4.78, 5) is 20.3. The summed E-state index contributed by atoms with van der Waals surface area (Å²) in [6.45, 7) is 5.05. The lowest BCUT2D eigenvalue weighted by molar-refractivity contribution is -0.129. The number of aryl methyl sites for hydroxylation is 1. The van der Waals surface area contributed by atoms with Gasteiger partial charge in [-0.2, -0.15) is 5.10 Å². The molecule has 2 aliphatic heterocycles. The third-order valence-corrected chi connectivity index (χ3v) is 6.83. The topological polar surface area (TPSA) is 94.5 Å². The molecule has 1 aromatic carbocycles. The Morgan fingerprint density at radius 1 is 1.20 bits per heavy atom. The number of pyridine rings is 1. The third kappa shape index (κ3) is 4.08. The van der Waals surface area contributed by atoms with E-state index in [2.05, 4.69) is 20.5 Å². The molecule has 0 radical (unpaired) electrons. The van der Waals surface area contributed by atoms with Crippen molar-refractivity contribution in [3.63, 3.8) is 0 Å². The number of anilines is 2. The average molecular weight is 486 g/mol. The van der Waals surface area contributed by atoms with E-state index in [4.69, 9.17) is 0 Å². The number of fused-ring (bicyclic) bond motifs is 2. The number of rotatable bonds is 5. The normalized spacial score (nSPS) is 18.9. The van der Waals surface area contributed by atoms with Crippen LogP contribution in [0.4, 0.5) is 24.7 Å². The molecule has 2 saturated heterocycles. The lowest BCUT2D eigenvalue weighted by Gasteiger charge is -2.38. The van der Waals surface area contributed by atoms with Crippen LogP contribution in [0, 0.1) is 12.7 Å². The van der Waals surface area contributed by atoms with Crippen LogP contribution in [0.2, 0.25) is 0 Å². The van der Waals surface area contributed by atoms with Crippen LogP contribution in [0.3, 0.4) is 0 Å². The molecule has 0 unspecified atom stereocenters. The van der Waals surface area contributed by atoms with Crippen molar-refractivity contribution in [3.05, 3.63) is 46.9 Å². The number of halogens is 3. The lowest BCUT2D eigenvalue weighted by atomic mass is 10.0. The first-order chi connectivity index (χ1) is 16.7. The molecule has 5 rings (SSSR count). The Bertz CT molecular complexity index is 1300. The highest BCUT2D eigenvalue weighted by Gasteiger charge is 2.36. The molecule has 2 aromatic heterocycles. The molecule has 11 heteroatoms. The monoisotopic (exact) mass is 486 g/mol. The van der Waals surface area contributed by atoms with Gasteiger partial charge in [0.25, 0.3) is 6.43 Å². The Labute approximate surface area is 199 Å². The van der Waals surface area contributed by atoms with Gasteiger partial charge in [-0.05, 0) is 26.3 Å². The number of amides is 1. The maximum Gasteiger partial charge on any atom is 0.266 e. The number of hydrogen-bond donors (Lipinski definition) is 2. The number of nitrogens with zero attached hydrogens (tertiary/aromatic N) is 5. The minimum atomic E-state index is -2.92. The Morgan fingerprint density at radius 2 is 1.97 bits per heavy atom. The fourth-order valence-corrected chi connectivity index (χ4v) is 4.95. The van der Waals surface area contributed by atoms with E-state index < -0.39 is 23.8 Å². The highest BCUT2D eigenvalue weighted by Crippen LogP contribution is 2.36. The molecule has 2 aliphatic rings. The summed E-state index contributed by atoms with van der Waals surface area (Å²) >= 11 is 0. The summed E-state index contributed by atoms with van der Waals surface area (Å²) in [5.41, 5.74) is 0.844. The standard InChI is InChI=1S/C24H25F3N6O2/c1-12(15-4-3-5-16(20(15)25)22(26)27)28-23-17-10-18(24(35)29-21(17)13(2)30-31-23)32-8-9-33-14(11-32)6-7-19(33)34/h3-5,10,12,14,22H,6-9,11H2,1-2H3,(H,28,31)(H,29,35)/t12-,14-/m1/s1. The Kier molecular flexibility index (Phi) is 5.86. The van der Waals surface area contributed by atoms with Crippen LogP contribution in [0.15, 0.2) is 24.3 Å². The van der Waals surface area contributed by atoms with E-state index in [1.165, 1.54) is 12.1 Å². The smallest absolute Gasteiger partial charge is 0.266 e. The summed E-state index contributed by atoms with van der Waals surface area (Å²) in [5, 5.41) is 22.7. The second-order valence-electron chi connectivity index (χ2n) is 9.00. The van der Waals surface area contributed by atoms with Gasteiger partial charge < -0.3 is 20.2 Å². The van der Waals surface area contributed by atoms with Gasteiger partial charge in [0.2, 0.25) is 11.8 Å². The molecule has 0 bridgehead atoms. The number of aromatic hydroxyl groups is 1. The maximum atomic E-state index is 14.7. The minimum absolute atomic E-state index is 0.0762. The Hall–Kier alpha value is -3.63. The summed E-state index contributed by atoms with van der Waals surface area (Å²) in [6, 6.07) is 5.05. The first-order valence-electron chi connectivity index (χ1n) is 11.5. The van der Waals surface area contributed by atoms with Crippen molar-refractivity contribution in [1.29, 1.82) is 0 Å². The van der Waals surface area contributed by atoms with E-state index in [1.807, 2.05) is 9.80 Å². The molecule has 8 nitrogen and oxygen atoms in total. The highest BCUT2D eigenvalue weighted by molar-refractivity contribution is 5.93. The van der Waals surface area contributed by atoms with Crippen molar-refractivity contribution in [2.75, 3.05) is 29.9 Å². The van der Waals surface area contributed by atoms with Gasteiger partial charge in [0.1, 0.15) is 17.0 Å². The van der Waals surface area contributed by atoms with Gasteiger partial charge in [0, 0.05) is 43.0 Å². The molecule has 3 aromatic rings. The van der Waals surface area contributed by atoms with E-state index >= 15 is 0 Å². The highest BCUT2D eigenvalue weighted by atomic mass is 19.3. The van der Waals surface area contributed by atoms with Gasteiger partial charge >= 0.3 is 0 Å². The van der Waals surface area contributed by atoms with Crippen LogP contribution in [-0.2, 0) is 4.79 Å². The van der Waals surface area contributed by atoms with Crippen molar-refractivity contribution in [2.45, 2.75) is 45.2 Å². The van der Waals surface area contributed by atoms with Gasteiger partial charge in [-0.3, -0.25) is 4.79 Å². The molecule has 0 aliphatic carbocycles. The van der Waals surface area contributed by atoms with Crippen molar-refractivity contribution in [2.24, 2.45) is 0 Å². The van der Waals surface area contributed by atoms with Crippen LogP contribution in [-0.4, -0.2) is 56.8 Å². The van der Waals surface area contributed by atoms with Crippen molar-refractivity contribution in [1.82, 2.24) is 20.1 Å². The third-order valence-electron chi connectivity index (χ3n) is 6.83. The zero-order valence-corrected chi connectivity index (χ0v) is 19.3. The predicted octanol–water partition coefficient (Wildman–Crippen LogP) is 4.10. The summed E-state index contributed by atoms with van der Waals surface area (Å²) in [7, 11) is 0. The van der Waals surface area contributed by atoms with Crippen molar-refractivity contribution < 1.29 is 23.1 Å². The van der Waals surface area contributed by atoms with Crippen LogP contribution >= 0.6 is 0 Å². The SMILES string of the molecule is Cc1nnc(N[C@H](C)c2cccc(C(F)F)c2F)c2cc(N3CCN4C(=O)CC[C@@H]4C3)c(O)nc12. The van der Waals surface area contributed by atoms with E-state index in [9.17, 15) is 23.1 Å². The van der Waals surface area contributed by atoms with E-state index in [1.54, 1.807) is 19.9 Å². The zero-order valence-electron chi connectivity index (χ0n) is 19.3. The Morgan fingerprint density at radius 3 is 2.74 bits per heavy atom. The maximum absolute atomic E-state index is 14.7. The number of carbonyl (C=O) groups excluding carboxylic acids is 1. The molecular formula is C24H25F3N6O2. The average Bonchev–Trinajstić information content (AvgIpc) is 3.20. The number of nitrogens with one attached hydrogen (secondary N) is 1. The lowest BCUT2D eigenvalue weighted by Crippen LogP contribution is -2.51. The number of piperazine rings is 1. The fourth-order valence-electron chi connectivity index (χ4n) is 4.95. The van der Waals surface area contributed by atoms with E-state index in [0.29, 0.717) is 54.2 Å². The van der Waals surface area contributed by atoms with Crippen LogP contribution in [0.5, 0.6) is 5.88 Å². The van der Waals surface area contributed by atoms with E-state index in [0.717, 1.165) is 12.5 Å². The number of carbonyl (C=O) groups is 1. The van der Waals surface area contributed by atoms with Crippen LogP contribution < -0.4 is 10.2 Å². The zero-order chi connectivity index (χ0) is 24.9. The van der Waals surface area contributed by atoms with Gasteiger partial charge in [0.05, 0.1) is 17.3 Å². The number of benzene rings is 1. The molecule has 1 amide bonds. The molecule has 2 fully saturated rings. The number of hydrogen-bond acceptors (Lipinski definition) is 7. The second kappa shape index (κ2) is 8.86. The summed E-state index contributed by atoms with van der Waals surface area (Å²) < 4.78 is 41.1. The van der Waals surface area contributed by atoms with Gasteiger partial charge in [-0.1, -0.05) is 18.2 Å². The molecule has 35 heavy (non-hydrogen) atoms. The fraction of sp³-hybridized carbons (Fsp3) is 0.417. The molecule has 184 valence electrons. The van der Waals surface area contributed by atoms with Gasteiger partial charge in [0.15, 0.2) is 5.82 Å². The molecular weight excluding hydrogens is 461 g/mol. The Balaban J connectivity index is 1.49. The van der Waals surface area contributed by atoms with E-state index in [-0.39, 0.29) is 23.4 Å². The van der Waals surface area contributed by atoms with Gasteiger partial charge in [-0.25, -0.2) is 18.2 Å². The molecule has 2 N–H and O–H groups in total. The largest absolute Gasteiger partial charge is 0.492 e. The number of alkyl halides is 2. The van der Waals surface area contributed by atoms with Crippen molar-refractivity contribution >= 4 is 28.3 Å². The van der Waals surface area contributed by atoms with Crippen LogP contribution in [0.1, 0.15) is 49.1 Å².